The molecule has 0 saturated carbocycles. The third-order valence-electron chi connectivity index (χ3n) is 3.02. The van der Waals surface area contributed by atoms with Crippen LogP contribution in [0.4, 0.5) is 0 Å². The Labute approximate surface area is 88.6 Å². The molecule has 0 amide bonds. The molecule has 1 unspecified atom stereocenters. The van der Waals surface area contributed by atoms with Gasteiger partial charge in [0, 0.05) is 0 Å². The fourth-order valence-corrected chi connectivity index (χ4v) is 1.84. The maximum absolute atomic E-state index is 2.26. The Hall–Kier alpha value is -0.483. The first-order chi connectivity index (χ1) is 6.14. The SMILES string of the molecule is [Li][C]1(N(C)C)C=Cc2ccccc21. The van der Waals surface area contributed by atoms with E-state index < -0.39 is 0 Å². The number of fused-ring (bicyclic) bond motifs is 1. The summed E-state index contributed by atoms with van der Waals surface area (Å²) in [7, 11) is 4.24. The summed E-state index contributed by atoms with van der Waals surface area (Å²) >= 11 is 2.25. The average molecular weight is 165 g/mol. The number of nitrogens with zero attached hydrogens (tertiary/aromatic N) is 1. The predicted octanol–water partition coefficient (Wildman–Crippen LogP) is 1.60. The van der Waals surface area contributed by atoms with Gasteiger partial charge in [0.1, 0.15) is 0 Å². The van der Waals surface area contributed by atoms with E-state index in [0.717, 1.165) is 0 Å². The molecule has 0 saturated heterocycles. The van der Waals surface area contributed by atoms with Gasteiger partial charge < -0.3 is 0 Å². The van der Waals surface area contributed by atoms with Crippen LogP contribution in [0.3, 0.4) is 0 Å². The average Bonchev–Trinajstić information content (AvgIpc) is 2.47. The summed E-state index contributed by atoms with van der Waals surface area (Å²) in [5, 5.41) is 0. The van der Waals surface area contributed by atoms with E-state index in [-0.39, 0.29) is 4.21 Å². The molecule has 13 heavy (non-hydrogen) atoms. The minimum atomic E-state index is 0.0800. The van der Waals surface area contributed by atoms with Crippen LogP contribution in [0.15, 0.2) is 30.3 Å². The molecule has 2 rings (SSSR count). The van der Waals surface area contributed by atoms with Crippen LogP contribution in [0.25, 0.3) is 6.08 Å². The monoisotopic (exact) mass is 165 g/mol. The topological polar surface area (TPSA) is 3.24 Å². The van der Waals surface area contributed by atoms with Crippen LogP contribution in [-0.4, -0.2) is 36.7 Å². The van der Waals surface area contributed by atoms with Crippen LogP contribution in [0.5, 0.6) is 0 Å². The van der Waals surface area contributed by atoms with Crippen molar-refractivity contribution in [2.75, 3.05) is 14.1 Å². The van der Waals surface area contributed by atoms with E-state index in [1.165, 1.54) is 11.1 Å². The fourth-order valence-electron chi connectivity index (χ4n) is 1.84. The van der Waals surface area contributed by atoms with E-state index in [1.54, 1.807) is 0 Å². The molecule has 0 aromatic heterocycles. The fraction of sp³-hybridized carbons (Fsp3) is 0.273. The van der Waals surface area contributed by atoms with E-state index in [0.29, 0.717) is 0 Å². The van der Waals surface area contributed by atoms with E-state index in [9.17, 15) is 0 Å². The molecule has 1 atom stereocenters. The number of hydrogen-bond acceptors (Lipinski definition) is 1. The Morgan fingerprint density at radius 1 is 1.23 bits per heavy atom. The van der Waals surface area contributed by atoms with Crippen molar-refractivity contribution in [3.05, 3.63) is 41.5 Å². The zero-order chi connectivity index (χ0) is 9.47. The first kappa shape index (κ1) is 9.09. The summed E-state index contributed by atoms with van der Waals surface area (Å²) in [6, 6.07) is 8.56. The van der Waals surface area contributed by atoms with Gasteiger partial charge >= 0.3 is 88.5 Å². The van der Waals surface area contributed by atoms with Crippen LogP contribution in [0.2, 0.25) is 0 Å². The molecule has 1 aromatic carbocycles. The molecule has 1 aromatic rings. The van der Waals surface area contributed by atoms with Crippen LogP contribution in [0, 0.1) is 0 Å². The van der Waals surface area contributed by atoms with Gasteiger partial charge in [-0.25, -0.2) is 0 Å². The Bertz CT molecular complexity index is 357. The Kier molecular flexibility index (Phi) is 2.12. The molecular formula is C11H12LiN. The Morgan fingerprint density at radius 2 is 1.92 bits per heavy atom. The van der Waals surface area contributed by atoms with Crippen LogP contribution < -0.4 is 0 Å². The van der Waals surface area contributed by atoms with E-state index in [4.69, 9.17) is 0 Å². The quantitative estimate of drug-likeness (QED) is 0.571. The Balaban J connectivity index is 2.55. The van der Waals surface area contributed by atoms with Gasteiger partial charge in [0.2, 0.25) is 0 Å². The van der Waals surface area contributed by atoms with Crippen molar-refractivity contribution in [3.63, 3.8) is 0 Å². The molecule has 0 bridgehead atoms. The van der Waals surface area contributed by atoms with Gasteiger partial charge in [0.25, 0.3) is 0 Å². The van der Waals surface area contributed by atoms with Gasteiger partial charge in [-0.2, -0.15) is 0 Å². The minimum absolute atomic E-state index is 0.0800. The molecule has 0 aliphatic heterocycles. The molecule has 0 N–H and O–H groups in total. The third-order valence-corrected chi connectivity index (χ3v) is 3.02. The van der Waals surface area contributed by atoms with E-state index in [2.05, 4.69) is 73.1 Å². The summed E-state index contributed by atoms with van der Waals surface area (Å²) in [4.78, 5) is 2.25. The number of hydrogen-bond donors (Lipinski definition) is 0. The van der Waals surface area contributed by atoms with Crippen molar-refractivity contribution in [1.82, 2.24) is 4.90 Å². The van der Waals surface area contributed by atoms with Crippen LogP contribution in [0.1, 0.15) is 11.1 Å². The molecule has 0 spiro atoms. The van der Waals surface area contributed by atoms with Crippen LogP contribution in [-0.2, 0) is 4.21 Å². The maximum atomic E-state index is 2.26. The molecule has 1 aliphatic rings. The van der Waals surface area contributed by atoms with Crippen molar-refractivity contribution in [2.24, 2.45) is 0 Å². The second-order valence-electron chi connectivity index (χ2n) is 3.96. The second-order valence-corrected chi connectivity index (χ2v) is 3.96. The molecule has 0 fully saturated rings. The first-order valence-electron chi connectivity index (χ1n) is 4.61. The predicted molar refractivity (Wildman–Crippen MR) is 56.6 cm³/mol. The summed E-state index contributed by atoms with van der Waals surface area (Å²) < 4.78 is 0.0800. The zero-order valence-corrected chi connectivity index (χ0v) is 8.41. The zero-order valence-electron chi connectivity index (χ0n) is 8.41. The van der Waals surface area contributed by atoms with Gasteiger partial charge in [0.15, 0.2) is 0 Å². The molecule has 62 valence electrons. The normalized spacial score (nSPS) is 25.3. The van der Waals surface area contributed by atoms with E-state index >= 15 is 0 Å². The summed E-state index contributed by atoms with van der Waals surface area (Å²) in [6.07, 6.45) is 4.47. The molecular weight excluding hydrogens is 153 g/mol. The van der Waals surface area contributed by atoms with Gasteiger partial charge in [-0.1, -0.05) is 0 Å². The summed E-state index contributed by atoms with van der Waals surface area (Å²) in [6.45, 7) is 0. The van der Waals surface area contributed by atoms with Crippen molar-refractivity contribution >= 4 is 23.8 Å². The summed E-state index contributed by atoms with van der Waals surface area (Å²) in [5.41, 5.74) is 2.75. The number of benzene rings is 1. The molecule has 0 heterocycles. The summed E-state index contributed by atoms with van der Waals surface area (Å²) in [5.74, 6) is 0. The van der Waals surface area contributed by atoms with Gasteiger partial charge in [-0.3, -0.25) is 0 Å². The molecule has 1 aliphatic carbocycles. The molecule has 2 heteroatoms. The molecule has 1 nitrogen and oxygen atoms in total. The second kappa shape index (κ2) is 3.03. The third kappa shape index (κ3) is 1.28. The molecule has 0 radical (unpaired) electrons. The standard InChI is InChI=1S/C11H12N.Li/c1-12(2)11-8-7-9-5-3-4-6-10(9)11;/h3-8H,1-2H3;. The van der Waals surface area contributed by atoms with Gasteiger partial charge in [-0.05, 0) is 0 Å². The number of rotatable bonds is 1. The van der Waals surface area contributed by atoms with Gasteiger partial charge in [0.05, 0.1) is 0 Å². The van der Waals surface area contributed by atoms with Crippen LogP contribution >= 0.6 is 0 Å². The van der Waals surface area contributed by atoms with Crippen molar-refractivity contribution in [1.29, 1.82) is 0 Å². The first-order valence-corrected chi connectivity index (χ1v) is 4.61. The van der Waals surface area contributed by atoms with Crippen molar-refractivity contribution < 1.29 is 0 Å². The van der Waals surface area contributed by atoms with Gasteiger partial charge in [-0.15, -0.1) is 0 Å². The Morgan fingerprint density at radius 3 is 2.62 bits per heavy atom. The van der Waals surface area contributed by atoms with E-state index in [1.807, 2.05) is 0 Å². The van der Waals surface area contributed by atoms with Crippen molar-refractivity contribution in [3.8, 4) is 0 Å². The van der Waals surface area contributed by atoms with Crippen molar-refractivity contribution in [2.45, 2.75) is 4.21 Å². The number of likely N-dealkylation sites (N-methyl/N-ethyl adjacent to an activating group) is 1.